The second-order valence-electron chi connectivity index (χ2n) is 28.6. The fourth-order valence-electron chi connectivity index (χ4n) is 11.2. The lowest BCUT2D eigenvalue weighted by atomic mass is 9.98. The van der Waals surface area contributed by atoms with Gasteiger partial charge in [0.1, 0.15) is 90.3 Å². The number of rotatable bonds is 54. The maximum atomic E-state index is 14.3. The average molecular weight is 1630 g/mol. The summed E-state index contributed by atoms with van der Waals surface area (Å²) >= 11 is 0. The first-order valence-electron chi connectivity index (χ1n) is 37.5. The van der Waals surface area contributed by atoms with E-state index >= 15 is 0 Å². The molecule has 642 valence electrons. The molecular weight excluding hydrogens is 1520 g/mol. The molecule has 2 rings (SSSR count). The molecule has 1 aliphatic rings. The van der Waals surface area contributed by atoms with Gasteiger partial charge in [-0.15, -0.1) is 0 Å². The highest BCUT2D eigenvalue weighted by molar-refractivity contribution is 6.01. The van der Waals surface area contributed by atoms with E-state index in [0.29, 0.717) is 24.8 Å². The zero-order valence-corrected chi connectivity index (χ0v) is 65.6. The summed E-state index contributed by atoms with van der Waals surface area (Å²) in [6.07, 6.45) is -4.04. The first-order chi connectivity index (χ1) is 53.9. The molecule has 44 heteroatoms. The third-order valence-corrected chi connectivity index (χ3v) is 17.9. The molecule has 1 aromatic rings. The lowest BCUT2D eigenvalue weighted by Crippen LogP contribution is -2.62. The molecule has 1 aromatic carbocycles. The van der Waals surface area contributed by atoms with Gasteiger partial charge in [-0.05, 0) is 127 Å². The molecule has 1 aliphatic heterocycles. The first kappa shape index (κ1) is 99.4. The zero-order chi connectivity index (χ0) is 87.1. The lowest BCUT2D eigenvalue weighted by Gasteiger charge is -2.30. The highest BCUT2D eigenvalue weighted by atomic mass is 16.4. The summed E-state index contributed by atoms with van der Waals surface area (Å²) in [5.74, 6) is -23.4. The Balaban J connectivity index is 2.38. The summed E-state index contributed by atoms with van der Waals surface area (Å²) in [5.41, 5.74) is 27.9. The van der Waals surface area contributed by atoms with Crippen molar-refractivity contribution in [3.63, 3.8) is 0 Å². The molecule has 0 bridgehead atoms. The molecule has 1 heterocycles. The highest BCUT2D eigenvalue weighted by Crippen LogP contribution is 2.17. The van der Waals surface area contributed by atoms with Crippen molar-refractivity contribution >= 4 is 118 Å². The van der Waals surface area contributed by atoms with E-state index in [1.165, 1.54) is 45.0 Å². The van der Waals surface area contributed by atoms with Gasteiger partial charge in [-0.25, -0.2) is 0 Å². The SMILES string of the molecule is CC(C)[C@H](NC(=O)[C@@H]1CCC(=O)N1)C(=O)N[C@@H](Cc1ccc(O)cc1)C(=O)N[C@H](C(=O)N[C@H](C(=O)N[C@@H](C)C(=O)N[C@@H](CCC(=O)O)C(=O)N[C@@H](CC(N)=O)C(=O)N[C@@H](CCC(N)=O)C(=O)N[C@@H](CCC(N)=O)C(=O)NCC(=O)N[C@@H](CCCCN)C(=O)N[C@@H](CO)C(=O)N[C@@H](CCCCN)C(=O)N[C@@H](C)C(=O)O)C(C)C)C(C)C. The molecule has 1 saturated heterocycles. The second-order valence-corrected chi connectivity index (χ2v) is 28.6. The Labute approximate surface area is 663 Å². The minimum Gasteiger partial charge on any atom is -0.508 e. The number of carbonyl (C=O) groups is 20. The number of phenolic OH excluding ortho intramolecular Hbond substituents is 1. The number of carbonyl (C=O) groups excluding carboxylic acids is 18. The lowest BCUT2D eigenvalue weighted by molar-refractivity contribution is -0.142. The van der Waals surface area contributed by atoms with Gasteiger partial charge < -0.3 is 129 Å². The number of unbranched alkanes of at least 4 members (excludes halogenated alkanes) is 2. The third kappa shape index (κ3) is 36.8. The summed E-state index contributed by atoms with van der Waals surface area (Å²) in [6, 6.07) is -16.1. The Kier molecular flexibility index (Phi) is 43.6. The van der Waals surface area contributed by atoms with Crippen molar-refractivity contribution in [3.05, 3.63) is 29.8 Å². The van der Waals surface area contributed by atoms with Gasteiger partial charge in [0.05, 0.1) is 19.6 Å². The minimum absolute atomic E-state index is 0.0248. The van der Waals surface area contributed by atoms with Gasteiger partial charge in [-0.2, -0.15) is 0 Å². The van der Waals surface area contributed by atoms with Gasteiger partial charge in [-0.1, -0.05) is 53.7 Å². The Morgan fingerprint density at radius 2 is 0.809 bits per heavy atom. The van der Waals surface area contributed by atoms with E-state index in [-0.39, 0.29) is 63.3 Å². The average Bonchev–Trinajstić information content (AvgIpc) is 1.64. The number of hydrogen-bond donors (Lipinski definition) is 24. The van der Waals surface area contributed by atoms with E-state index in [9.17, 15) is 116 Å². The van der Waals surface area contributed by atoms with Crippen molar-refractivity contribution < 1.29 is 116 Å². The highest BCUT2D eigenvalue weighted by Gasteiger charge is 2.40. The van der Waals surface area contributed by atoms with E-state index in [4.69, 9.17) is 28.7 Å². The van der Waals surface area contributed by atoms with Crippen LogP contribution in [0.1, 0.15) is 157 Å². The summed E-state index contributed by atoms with van der Waals surface area (Å²) < 4.78 is 0. The largest absolute Gasteiger partial charge is 0.508 e. The number of nitrogens with two attached hydrogens (primary N) is 5. The molecule has 0 saturated carbocycles. The van der Waals surface area contributed by atoms with Gasteiger partial charge in [0.2, 0.25) is 106 Å². The number of aliphatic hydroxyl groups excluding tert-OH is 1. The fourth-order valence-corrected chi connectivity index (χ4v) is 11.2. The van der Waals surface area contributed by atoms with Crippen molar-refractivity contribution in [1.82, 2.24) is 79.8 Å². The molecule has 29 N–H and O–H groups in total. The number of phenols is 1. The van der Waals surface area contributed by atoms with Crippen LogP contribution < -0.4 is 108 Å². The molecule has 18 amide bonds. The van der Waals surface area contributed by atoms with Gasteiger partial charge in [0.15, 0.2) is 0 Å². The number of aromatic hydroxyl groups is 1. The summed E-state index contributed by atoms with van der Waals surface area (Å²) in [6.45, 7) is 10.1. The van der Waals surface area contributed by atoms with E-state index in [0.717, 1.165) is 6.92 Å². The summed E-state index contributed by atoms with van der Waals surface area (Å²) in [7, 11) is 0. The van der Waals surface area contributed by atoms with Gasteiger partial charge in [0, 0.05) is 32.1 Å². The predicted molar refractivity (Wildman–Crippen MR) is 405 cm³/mol. The molecule has 0 unspecified atom stereocenters. The van der Waals surface area contributed by atoms with Crippen LogP contribution in [-0.2, 0) is 102 Å². The van der Waals surface area contributed by atoms with Gasteiger partial charge in [-0.3, -0.25) is 95.9 Å². The second kappa shape index (κ2) is 50.4. The molecule has 1 fully saturated rings. The topological polar surface area (TPSA) is 733 Å². The number of hydrogen-bond acceptors (Lipinski definition) is 24. The number of primary amides is 3. The van der Waals surface area contributed by atoms with Crippen molar-refractivity contribution in [1.29, 1.82) is 0 Å². The maximum Gasteiger partial charge on any atom is 0.325 e. The predicted octanol–water partition coefficient (Wildman–Crippen LogP) is -8.75. The van der Waals surface area contributed by atoms with Crippen LogP contribution in [0, 0.1) is 17.8 Å². The van der Waals surface area contributed by atoms with Crippen LogP contribution in [-0.4, -0.2) is 250 Å². The normalized spacial score (nSPS) is 15.8. The van der Waals surface area contributed by atoms with Crippen LogP contribution in [0.5, 0.6) is 5.75 Å². The molecule has 0 radical (unpaired) electrons. The van der Waals surface area contributed by atoms with Gasteiger partial charge >= 0.3 is 11.9 Å². The van der Waals surface area contributed by atoms with Crippen LogP contribution in [0.3, 0.4) is 0 Å². The monoisotopic (exact) mass is 1630 g/mol. The maximum absolute atomic E-state index is 14.3. The Morgan fingerprint density at radius 1 is 0.426 bits per heavy atom. The molecule has 0 aliphatic carbocycles. The number of aliphatic hydroxyl groups is 1. The molecular formula is C71H114N20O24. The smallest absolute Gasteiger partial charge is 0.325 e. The Morgan fingerprint density at radius 3 is 1.26 bits per heavy atom. The molecule has 0 aromatic heterocycles. The standard InChI is InChI=1S/C71H114N20O24/c1-33(2)55(91-70(113)57(35(5)6)90-66(109)46(29-38-15-17-39(93)18-16-38)87-69(112)56(34(3)4)89-64(107)43-21-25-52(97)80-43)68(111)78-36(7)58(101)82-45(22-26-54(99)100)63(106)86-47(30-51(76)96)65(108)85-44(20-24-50(75)95)62(105)84-42(19-23-49(74)94)59(102)77-31-53(98)81-40(13-9-11-27-72)61(104)88-48(32-92)67(110)83-41(14-10-12-28-73)60(103)79-37(8)71(114)115/h15-18,33-37,40-48,55-57,92-93H,9-14,19-32,72-73H2,1-8H3,(H2,74,94)(H2,75,95)(H2,76,96)(H,77,102)(H,78,111)(H,79,103)(H,80,97)(H,81,98)(H,82,101)(H,83,110)(H,84,105)(H,85,108)(H,86,106)(H,87,112)(H,88,104)(H,89,107)(H,90,109)(H,91,113)(H,99,100)(H,114,115)/t36-,37-,40-,41-,42-,43-,44-,45-,46-,47-,48-,55-,56-,57-/m0/s1. The van der Waals surface area contributed by atoms with E-state index < -0.39 is 273 Å². The Bertz CT molecular complexity index is 3600. The van der Waals surface area contributed by atoms with Crippen LogP contribution >= 0.6 is 0 Å². The number of nitrogens with one attached hydrogen (secondary N) is 15. The van der Waals surface area contributed by atoms with Crippen molar-refractivity contribution in [3.8, 4) is 5.75 Å². The molecule has 44 nitrogen and oxygen atoms in total. The number of amides is 18. The first-order valence-corrected chi connectivity index (χ1v) is 37.5. The van der Waals surface area contributed by atoms with Crippen LogP contribution in [0.25, 0.3) is 0 Å². The molecule has 14 atom stereocenters. The van der Waals surface area contributed by atoms with Crippen LogP contribution in [0.15, 0.2) is 24.3 Å². The number of benzene rings is 1. The molecule has 115 heavy (non-hydrogen) atoms. The Hall–Kier alpha value is -11.7. The number of carboxylic acid groups (broad SMARTS) is 2. The number of carboxylic acids is 2. The van der Waals surface area contributed by atoms with Crippen molar-refractivity contribution in [2.24, 2.45) is 46.4 Å². The van der Waals surface area contributed by atoms with E-state index in [1.807, 2.05) is 0 Å². The van der Waals surface area contributed by atoms with Crippen molar-refractivity contribution in [2.75, 3.05) is 26.2 Å². The zero-order valence-electron chi connectivity index (χ0n) is 65.6. The molecule has 0 spiro atoms. The third-order valence-electron chi connectivity index (χ3n) is 17.9. The minimum atomic E-state index is -2.09. The van der Waals surface area contributed by atoms with E-state index in [1.54, 1.807) is 27.7 Å². The van der Waals surface area contributed by atoms with Crippen LogP contribution in [0.4, 0.5) is 0 Å². The number of aliphatic carboxylic acids is 2. The van der Waals surface area contributed by atoms with Crippen molar-refractivity contribution in [2.45, 2.75) is 243 Å². The van der Waals surface area contributed by atoms with E-state index in [2.05, 4.69) is 79.8 Å². The van der Waals surface area contributed by atoms with Crippen LogP contribution in [0.2, 0.25) is 0 Å². The van der Waals surface area contributed by atoms with Gasteiger partial charge in [0.25, 0.3) is 0 Å². The summed E-state index contributed by atoms with van der Waals surface area (Å²) in [4.78, 5) is 265. The quantitative estimate of drug-likeness (QED) is 0.0269. The fraction of sp³-hybridized carbons (Fsp3) is 0.634. The summed E-state index contributed by atoms with van der Waals surface area (Å²) in [5, 5.41) is 74.9.